The van der Waals surface area contributed by atoms with Crippen molar-refractivity contribution in [1.82, 2.24) is 0 Å². The van der Waals surface area contributed by atoms with Crippen molar-refractivity contribution >= 4 is 5.97 Å². The van der Waals surface area contributed by atoms with Gasteiger partial charge in [-0.3, -0.25) is 0 Å². The third-order valence-electron chi connectivity index (χ3n) is 2.59. The number of carbonyl (C=O) groups excluding carboxylic acids is 1. The number of aryl methyl sites for hydroxylation is 3. The van der Waals surface area contributed by atoms with Gasteiger partial charge in [0.25, 0.3) is 0 Å². The first-order chi connectivity index (χ1) is 7.91. The zero-order valence-electron chi connectivity index (χ0n) is 11.3. The summed E-state index contributed by atoms with van der Waals surface area (Å²) in [5, 5.41) is 0. The third-order valence-corrected chi connectivity index (χ3v) is 2.59. The summed E-state index contributed by atoms with van der Waals surface area (Å²) in [6.45, 7) is 10.2. The maximum Gasteiger partial charge on any atom is 0.338 e. The average Bonchev–Trinajstić information content (AvgIpc) is 2.14. The molecule has 0 aromatic heterocycles. The van der Waals surface area contributed by atoms with Crippen molar-refractivity contribution in [3.63, 3.8) is 0 Å². The molecule has 1 aromatic carbocycles. The van der Waals surface area contributed by atoms with Crippen LogP contribution in [0, 0.1) is 20.8 Å². The zero-order valence-corrected chi connectivity index (χ0v) is 11.3. The number of hydrogen-bond donors (Lipinski definition) is 0. The molecule has 0 atom stereocenters. The lowest BCUT2D eigenvalue weighted by atomic mass is 10.00. The molecule has 0 fully saturated rings. The minimum absolute atomic E-state index is 0.238. The maximum atomic E-state index is 11.9. The Morgan fingerprint density at radius 1 is 1.18 bits per heavy atom. The molecule has 1 aromatic rings. The summed E-state index contributed by atoms with van der Waals surface area (Å²) in [4.78, 5) is 11.9. The van der Waals surface area contributed by atoms with Crippen LogP contribution >= 0.6 is 0 Å². The Kier molecular flexibility index (Phi) is 4.50. The maximum absolute atomic E-state index is 11.9. The second kappa shape index (κ2) is 5.67. The van der Waals surface area contributed by atoms with Crippen molar-refractivity contribution in [2.45, 2.75) is 34.6 Å². The Morgan fingerprint density at radius 3 is 2.18 bits per heavy atom. The highest BCUT2D eigenvalue weighted by Gasteiger charge is 2.13. The highest BCUT2D eigenvalue weighted by molar-refractivity contribution is 5.92. The Morgan fingerprint density at radius 2 is 1.71 bits per heavy atom. The number of carbonyl (C=O) groups is 1. The van der Waals surface area contributed by atoms with Crippen molar-refractivity contribution in [1.29, 1.82) is 0 Å². The molecule has 17 heavy (non-hydrogen) atoms. The largest absolute Gasteiger partial charge is 0.458 e. The number of hydrogen-bond acceptors (Lipinski definition) is 2. The Balaban J connectivity index is 2.86. The highest BCUT2D eigenvalue weighted by atomic mass is 16.5. The van der Waals surface area contributed by atoms with Crippen LogP contribution in [0.25, 0.3) is 0 Å². The fraction of sp³-hybridized carbons (Fsp3) is 0.400. The topological polar surface area (TPSA) is 26.3 Å². The first kappa shape index (κ1) is 13.5. The second-order valence-electron chi connectivity index (χ2n) is 4.65. The predicted octanol–water partition coefficient (Wildman–Crippen LogP) is 3.73. The van der Waals surface area contributed by atoms with Gasteiger partial charge in [-0.15, -0.1) is 0 Å². The van der Waals surface area contributed by atoms with Gasteiger partial charge in [0.05, 0.1) is 5.56 Å². The molecule has 0 spiro atoms. The van der Waals surface area contributed by atoms with Gasteiger partial charge in [-0.25, -0.2) is 4.79 Å². The van der Waals surface area contributed by atoms with Crippen molar-refractivity contribution in [2.24, 2.45) is 0 Å². The van der Waals surface area contributed by atoms with Crippen LogP contribution in [0.15, 0.2) is 23.8 Å². The van der Waals surface area contributed by atoms with Crippen molar-refractivity contribution in [2.75, 3.05) is 6.61 Å². The quantitative estimate of drug-likeness (QED) is 0.586. The lowest BCUT2D eigenvalue weighted by Gasteiger charge is -2.10. The smallest absolute Gasteiger partial charge is 0.338 e. The van der Waals surface area contributed by atoms with Crippen molar-refractivity contribution in [3.05, 3.63) is 46.0 Å². The minimum Gasteiger partial charge on any atom is -0.458 e. The summed E-state index contributed by atoms with van der Waals surface area (Å²) in [6, 6.07) is 4.01. The molecule has 1 rings (SSSR count). The van der Waals surface area contributed by atoms with Gasteiger partial charge in [0, 0.05) is 0 Å². The Hall–Kier alpha value is -1.57. The van der Waals surface area contributed by atoms with E-state index in [0.717, 1.165) is 16.7 Å². The summed E-state index contributed by atoms with van der Waals surface area (Å²) in [7, 11) is 0. The first-order valence-corrected chi connectivity index (χ1v) is 5.80. The summed E-state index contributed by atoms with van der Waals surface area (Å²) in [6.07, 6.45) is 1.90. The van der Waals surface area contributed by atoms with Gasteiger partial charge in [-0.2, -0.15) is 0 Å². The monoisotopic (exact) mass is 232 g/mol. The molecule has 0 amide bonds. The first-order valence-electron chi connectivity index (χ1n) is 5.80. The molecule has 0 aliphatic heterocycles. The molecule has 0 radical (unpaired) electrons. The molecule has 0 N–H and O–H groups in total. The van der Waals surface area contributed by atoms with Crippen LogP contribution in [0.2, 0.25) is 0 Å². The van der Waals surface area contributed by atoms with Gasteiger partial charge in [-0.05, 0) is 51.8 Å². The molecule has 92 valence electrons. The molecule has 0 unspecified atom stereocenters. The van der Waals surface area contributed by atoms with E-state index in [1.807, 2.05) is 52.8 Å². The van der Waals surface area contributed by atoms with Crippen LogP contribution < -0.4 is 0 Å². The summed E-state index contributed by atoms with van der Waals surface area (Å²) in [5.74, 6) is -0.238. The number of allylic oxidation sites excluding steroid dienone is 1. The number of esters is 1. The van der Waals surface area contributed by atoms with Crippen LogP contribution in [0.3, 0.4) is 0 Å². The van der Waals surface area contributed by atoms with Gasteiger partial charge in [0.15, 0.2) is 0 Å². The van der Waals surface area contributed by atoms with Crippen molar-refractivity contribution in [3.8, 4) is 0 Å². The predicted molar refractivity (Wildman–Crippen MR) is 70.4 cm³/mol. The molecule has 0 heterocycles. The third kappa shape index (κ3) is 3.74. The van der Waals surface area contributed by atoms with E-state index in [2.05, 4.69) is 0 Å². The Bertz CT molecular complexity index is 429. The number of benzene rings is 1. The van der Waals surface area contributed by atoms with E-state index in [0.29, 0.717) is 12.2 Å². The number of rotatable bonds is 3. The van der Waals surface area contributed by atoms with Crippen LogP contribution in [-0.2, 0) is 4.74 Å². The van der Waals surface area contributed by atoms with Gasteiger partial charge in [0.1, 0.15) is 6.61 Å². The van der Waals surface area contributed by atoms with E-state index in [9.17, 15) is 4.79 Å². The van der Waals surface area contributed by atoms with Crippen LogP contribution in [0.1, 0.15) is 40.9 Å². The standard InChI is InChI=1S/C15H20O2/c1-10(2)6-7-17-15(16)14-12(4)8-11(3)9-13(14)5/h6,8-9H,7H2,1-5H3. The lowest BCUT2D eigenvalue weighted by Crippen LogP contribution is -2.09. The lowest BCUT2D eigenvalue weighted by molar-refractivity contribution is 0.0547. The average molecular weight is 232 g/mol. The Labute approximate surface area is 103 Å². The van der Waals surface area contributed by atoms with Gasteiger partial charge in [0.2, 0.25) is 0 Å². The van der Waals surface area contributed by atoms with Crippen LogP contribution in [0.5, 0.6) is 0 Å². The molecular weight excluding hydrogens is 212 g/mol. The van der Waals surface area contributed by atoms with Crippen molar-refractivity contribution < 1.29 is 9.53 Å². The zero-order chi connectivity index (χ0) is 13.0. The van der Waals surface area contributed by atoms with E-state index < -0.39 is 0 Å². The molecule has 2 heteroatoms. The van der Waals surface area contributed by atoms with E-state index in [1.54, 1.807) is 0 Å². The number of ether oxygens (including phenoxy) is 1. The fourth-order valence-corrected chi connectivity index (χ4v) is 1.86. The minimum atomic E-state index is -0.238. The van der Waals surface area contributed by atoms with Crippen LogP contribution in [-0.4, -0.2) is 12.6 Å². The summed E-state index contributed by atoms with van der Waals surface area (Å²) < 4.78 is 5.23. The van der Waals surface area contributed by atoms with Gasteiger partial charge < -0.3 is 4.74 Å². The molecule has 2 nitrogen and oxygen atoms in total. The van der Waals surface area contributed by atoms with Gasteiger partial charge >= 0.3 is 5.97 Å². The van der Waals surface area contributed by atoms with Crippen LogP contribution in [0.4, 0.5) is 0 Å². The molecule has 0 aliphatic carbocycles. The molecular formula is C15H20O2. The van der Waals surface area contributed by atoms with E-state index in [1.165, 1.54) is 5.56 Å². The van der Waals surface area contributed by atoms with Gasteiger partial charge in [-0.1, -0.05) is 23.3 Å². The molecule has 0 saturated carbocycles. The molecule has 0 aliphatic rings. The highest BCUT2D eigenvalue weighted by Crippen LogP contribution is 2.17. The van der Waals surface area contributed by atoms with E-state index in [-0.39, 0.29) is 5.97 Å². The van der Waals surface area contributed by atoms with E-state index in [4.69, 9.17) is 4.74 Å². The summed E-state index contributed by atoms with van der Waals surface area (Å²) in [5.41, 5.74) is 4.96. The van der Waals surface area contributed by atoms with E-state index >= 15 is 0 Å². The molecule has 0 bridgehead atoms. The normalized spacial score (nSPS) is 9.94. The summed E-state index contributed by atoms with van der Waals surface area (Å²) >= 11 is 0. The second-order valence-corrected chi connectivity index (χ2v) is 4.65. The molecule has 0 saturated heterocycles. The SMILES string of the molecule is CC(C)=CCOC(=O)c1c(C)cc(C)cc1C. The fourth-order valence-electron chi connectivity index (χ4n) is 1.86.